The zero-order chi connectivity index (χ0) is 10.3. The first kappa shape index (κ1) is 9.36. The highest BCUT2D eigenvalue weighted by Gasteiger charge is 2.43. The maximum atomic E-state index is 12.5. The van der Waals surface area contributed by atoms with Gasteiger partial charge in [0, 0.05) is 12.6 Å². The summed E-state index contributed by atoms with van der Waals surface area (Å²) in [5, 5.41) is 6.72. The van der Waals surface area contributed by atoms with Crippen molar-refractivity contribution in [1.82, 2.24) is 9.78 Å². The number of hydrogen-bond donors (Lipinski definition) is 1. The molecule has 3 nitrogen and oxygen atoms in total. The summed E-state index contributed by atoms with van der Waals surface area (Å²) in [7, 11) is 0. The number of aryl methyl sites for hydroxylation is 1. The minimum absolute atomic E-state index is 0.0393. The van der Waals surface area contributed by atoms with Gasteiger partial charge in [-0.1, -0.05) is 0 Å². The molecule has 78 valence electrons. The molecule has 1 unspecified atom stereocenters. The topological polar surface area (TPSA) is 29.9 Å². The van der Waals surface area contributed by atoms with Gasteiger partial charge in [-0.25, -0.2) is 4.68 Å². The molecule has 1 aliphatic heterocycles. The van der Waals surface area contributed by atoms with E-state index in [-0.39, 0.29) is 6.42 Å². The fourth-order valence-electron chi connectivity index (χ4n) is 1.65. The zero-order valence-electron chi connectivity index (χ0n) is 7.60. The highest BCUT2D eigenvalue weighted by molar-refractivity contribution is 5.39. The van der Waals surface area contributed by atoms with Crippen LogP contribution in [-0.4, -0.2) is 22.5 Å². The van der Waals surface area contributed by atoms with Crippen LogP contribution in [0.15, 0.2) is 6.07 Å². The molecule has 1 aliphatic rings. The predicted octanol–water partition coefficient (Wildman–Crippen LogP) is 2.11. The Morgan fingerprint density at radius 1 is 1.57 bits per heavy atom. The molecule has 1 aromatic heterocycles. The van der Waals surface area contributed by atoms with Crippen molar-refractivity contribution in [2.45, 2.75) is 25.6 Å². The third kappa shape index (κ3) is 1.44. The Hall–Kier alpha value is -1.20. The largest absolute Gasteiger partial charge is 0.410 e. The van der Waals surface area contributed by atoms with E-state index in [1.54, 1.807) is 13.0 Å². The number of hydrogen-bond acceptors (Lipinski definition) is 2. The van der Waals surface area contributed by atoms with Crippen LogP contribution in [0.25, 0.3) is 0 Å². The van der Waals surface area contributed by atoms with Gasteiger partial charge in [-0.3, -0.25) is 0 Å². The molecule has 0 aromatic carbocycles. The Balaban J connectivity index is 2.40. The smallest absolute Gasteiger partial charge is 0.370 e. The van der Waals surface area contributed by atoms with Crippen LogP contribution in [0.3, 0.4) is 0 Å². The number of halogens is 3. The van der Waals surface area contributed by atoms with Crippen LogP contribution < -0.4 is 5.32 Å². The molecule has 0 saturated heterocycles. The van der Waals surface area contributed by atoms with Gasteiger partial charge in [0.15, 0.2) is 6.04 Å². The fourth-order valence-corrected chi connectivity index (χ4v) is 1.65. The van der Waals surface area contributed by atoms with E-state index >= 15 is 0 Å². The maximum Gasteiger partial charge on any atom is 0.410 e. The average Bonchev–Trinajstić information content (AvgIpc) is 2.41. The summed E-state index contributed by atoms with van der Waals surface area (Å²) in [6.07, 6.45) is -4.17. The Labute approximate surface area is 78.9 Å². The van der Waals surface area contributed by atoms with E-state index in [0.717, 1.165) is 4.68 Å². The third-order valence-corrected chi connectivity index (χ3v) is 2.25. The molecular formula is C8H10F3N3. The molecule has 1 N–H and O–H groups in total. The molecular weight excluding hydrogens is 195 g/mol. The van der Waals surface area contributed by atoms with Gasteiger partial charge in [-0.2, -0.15) is 18.3 Å². The van der Waals surface area contributed by atoms with Gasteiger partial charge in [0.05, 0.1) is 5.69 Å². The van der Waals surface area contributed by atoms with Gasteiger partial charge in [-0.05, 0) is 13.3 Å². The average molecular weight is 205 g/mol. The summed E-state index contributed by atoms with van der Waals surface area (Å²) in [6, 6.07) is 0.144. The van der Waals surface area contributed by atoms with E-state index in [4.69, 9.17) is 0 Å². The lowest BCUT2D eigenvalue weighted by atomic mass is 10.1. The summed E-state index contributed by atoms with van der Waals surface area (Å²) in [5.74, 6) is 0.455. The van der Waals surface area contributed by atoms with Crippen molar-refractivity contribution in [3.05, 3.63) is 11.8 Å². The molecule has 1 atom stereocenters. The molecule has 6 heteroatoms. The fraction of sp³-hybridized carbons (Fsp3) is 0.625. The minimum atomic E-state index is -4.21. The minimum Gasteiger partial charge on any atom is -0.370 e. The number of alkyl halides is 3. The molecule has 0 spiro atoms. The van der Waals surface area contributed by atoms with Gasteiger partial charge in [0.25, 0.3) is 0 Å². The molecule has 2 heterocycles. The highest BCUT2D eigenvalue weighted by Crippen LogP contribution is 2.37. The van der Waals surface area contributed by atoms with Crippen LogP contribution in [0.4, 0.5) is 19.0 Å². The lowest BCUT2D eigenvalue weighted by Crippen LogP contribution is -2.33. The maximum absolute atomic E-state index is 12.5. The summed E-state index contributed by atoms with van der Waals surface area (Å²) >= 11 is 0. The van der Waals surface area contributed by atoms with Crippen LogP contribution in [-0.2, 0) is 0 Å². The molecule has 14 heavy (non-hydrogen) atoms. The predicted molar refractivity (Wildman–Crippen MR) is 45.2 cm³/mol. The molecule has 2 rings (SSSR count). The number of rotatable bonds is 0. The van der Waals surface area contributed by atoms with E-state index in [9.17, 15) is 13.2 Å². The van der Waals surface area contributed by atoms with Crippen LogP contribution in [0.5, 0.6) is 0 Å². The zero-order valence-corrected chi connectivity index (χ0v) is 7.60. The first-order valence-corrected chi connectivity index (χ1v) is 4.35. The van der Waals surface area contributed by atoms with E-state index < -0.39 is 12.2 Å². The van der Waals surface area contributed by atoms with Crippen LogP contribution >= 0.6 is 0 Å². The molecule has 0 aliphatic carbocycles. The lowest BCUT2D eigenvalue weighted by molar-refractivity contribution is -0.171. The summed E-state index contributed by atoms with van der Waals surface area (Å²) < 4.78 is 38.6. The quantitative estimate of drug-likeness (QED) is 0.703. The highest BCUT2D eigenvalue weighted by atomic mass is 19.4. The van der Waals surface area contributed by atoms with E-state index in [1.807, 2.05) is 0 Å². The van der Waals surface area contributed by atoms with Crippen molar-refractivity contribution in [3.8, 4) is 0 Å². The first-order valence-electron chi connectivity index (χ1n) is 4.35. The van der Waals surface area contributed by atoms with E-state index in [2.05, 4.69) is 10.4 Å². The molecule has 0 radical (unpaired) electrons. The Morgan fingerprint density at radius 3 is 2.93 bits per heavy atom. The normalized spacial score (nSPS) is 21.6. The third-order valence-electron chi connectivity index (χ3n) is 2.25. The summed E-state index contributed by atoms with van der Waals surface area (Å²) in [6.45, 7) is 2.02. The van der Waals surface area contributed by atoms with Crippen molar-refractivity contribution in [3.63, 3.8) is 0 Å². The molecule has 0 bridgehead atoms. The Morgan fingerprint density at radius 2 is 2.29 bits per heavy atom. The van der Waals surface area contributed by atoms with E-state index in [1.165, 1.54) is 0 Å². The van der Waals surface area contributed by atoms with Crippen molar-refractivity contribution in [2.75, 3.05) is 11.9 Å². The first-order chi connectivity index (χ1) is 6.48. The molecule has 0 amide bonds. The summed E-state index contributed by atoms with van der Waals surface area (Å²) in [5.41, 5.74) is 0.601. The van der Waals surface area contributed by atoms with Crippen molar-refractivity contribution in [2.24, 2.45) is 0 Å². The number of aromatic nitrogens is 2. The molecule has 0 fully saturated rings. The van der Waals surface area contributed by atoms with E-state index in [0.29, 0.717) is 18.1 Å². The number of anilines is 1. The van der Waals surface area contributed by atoms with Gasteiger partial charge in [0.2, 0.25) is 0 Å². The van der Waals surface area contributed by atoms with Crippen LogP contribution in [0.1, 0.15) is 18.2 Å². The van der Waals surface area contributed by atoms with Gasteiger partial charge in [-0.15, -0.1) is 0 Å². The van der Waals surface area contributed by atoms with Crippen LogP contribution in [0, 0.1) is 6.92 Å². The summed E-state index contributed by atoms with van der Waals surface area (Å²) in [4.78, 5) is 0. The monoisotopic (exact) mass is 205 g/mol. The second kappa shape index (κ2) is 2.90. The molecule has 1 aromatic rings. The second-order valence-electron chi connectivity index (χ2n) is 3.39. The van der Waals surface area contributed by atoms with Gasteiger partial charge in [0.1, 0.15) is 5.82 Å². The van der Waals surface area contributed by atoms with Gasteiger partial charge < -0.3 is 5.32 Å². The Kier molecular flexibility index (Phi) is 1.94. The Bertz CT molecular complexity index is 342. The van der Waals surface area contributed by atoms with Gasteiger partial charge >= 0.3 is 6.18 Å². The number of nitrogens with zero attached hydrogens (tertiary/aromatic N) is 2. The SMILES string of the molecule is Cc1cc2n(n1)C(C(F)(F)F)CCN2. The lowest BCUT2D eigenvalue weighted by Gasteiger charge is -2.27. The van der Waals surface area contributed by atoms with Crippen molar-refractivity contribution >= 4 is 5.82 Å². The standard InChI is InChI=1S/C8H10F3N3/c1-5-4-7-12-3-2-6(8(9,10)11)14(7)13-5/h4,6,12H,2-3H2,1H3. The number of fused-ring (bicyclic) bond motifs is 1. The van der Waals surface area contributed by atoms with Crippen LogP contribution in [0.2, 0.25) is 0 Å². The second-order valence-corrected chi connectivity index (χ2v) is 3.39. The van der Waals surface area contributed by atoms with Crippen molar-refractivity contribution in [1.29, 1.82) is 0 Å². The number of nitrogens with one attached hydrogen (secondary N) is 1. The van der Waals surface area contributed by atoms with Crippen molar-refractivity contribution < 1.29 is 13.2 Å². The molecule has 0 saturated carbocycles.